The first-order valence-corrected chi connectivity index (χ1v) is 3.61. The molecule has 0 fully saturated rings. The maximum Gasteiger partial charge on any atom is 0.356 e. The van der Waals surface area contributed by atoms with E-state index in [1.165, 1.54) is 6.07 Å². The SMILES string of the molecule is O=C(O)c1cc(CC(F)CF)[nH]n1. The highest BCUT2D eigenvalue weighted by atomic mass is 19.2. The minimum Gasteiger partial charge on any atom is -0.476 e. The van der Waals surface area contributed by atoms with Gasteiger partial charge in [0.25, 0.3) is 0 Å². The zero-order valence-electron chi connectivity index (χ0n) is 6.63. The Morgan fingerprint density at radius 1 is 1.77 bits per heavy atom. The van der Waals surface area contributed by atoms with Gasteiger partial charge in [0.1, 0.15) is 12.8 Å². The van der Waals surface area contributed by atoms with Gasteiger partial charge in [-0.3, -0.25) is 5.10 Å². The number of nitrogens with one attached hydrogen (secondary N) is 1. The molecule has 0 bridgehead atoms. The van der Waals surface area contributed by atoms with Crippen LogP contribution in [0.25, 0.3) is 0 Å². The standard InChI is InChI=1S/C7H8F2N2O2/c8-3-4(9)1-5-2-6(7(12)13)11-10-5/h2,4H,1,3H2,(H,10,11)(H,12,13). The van der Waals surface area contributed by atoms with E-state index >= 15 is 0 Å². The van der Waals surface area contributed by atoms with Crippen LogP contribution < -0.4 is 0 Å². The molecule has 0 aliphatic heterocycles. The number of aromatic nitrogens is 2. The van der Waals surface area contributed by atoms with E-state index in [0.717, 1.165) is 0 Å². The Morgan fingerprint density at radius 2 is 2.46 bits per heavy atom. The Bertz CT molecular complexity index is 300. The number of halogens is 2. The summed E-state index contributed by atoms with van der Waals surface area (Å²) >= 11 is 0. The highest BCUT2D eigenvalue weighted by molar-refractivity contribution is 5.85. The fourth-order valence-corrected chi connectivity index (χ4v) is 0.869. The lowest BCUT2D eigenvalue weighted by atomic mass is 10.2. The number of aromatic amines is 1. The first-order chi connectivity index (χ1) is 6.13. The molecule has 4 nitrogen and oxygen atoms in total. The van der Waals surface area contributed by atoms with Gasteiger partial charge in [-0.15, -0.1) is 0 Å². The zero-order valence-corrected chi connectivity index (χ0v) is 6.63. The van der Waals surface area contributed by atoms with E-state index in [1.54, 1.807) is 0 Å². The molecular weight excluding hydrogens is 182 g/mol. The normalized spacial score (nSPS) is 12.8. The topological polar surface area (TPSA) is 66.0 Å². The van der Waals surface area contributed by atoms with E-state index in [4.69, 9.17) is 5.11 Å². The van der Waals surface area contributed by atoms with E-state index in [1.807, 2.05) is 0 Å². The number of H-pyrrole nitrogens is 1. The first kappa shape index (κ1) is 9.63. The summed E-state index contributed by atoms with van der Waals surface area (Å²) in [7, 11) is 0. The fraction of sp³-hybridized carbons (Fsp3) is 0.429. The molecule has 0 aromatic carbocycles. The van der Waals surface area contributed by atoms with E-state index < -0.39 is 18.8 Å². The van der Waals surface area contributed by atoms with Gasteiger partial charge in [-0.05, 0) is 6.07 Å². The largest absolute Gasteiger partial charge is 0.476 e. The average Bonchev–Trinajstić information content (AvgIpc) is 2.52. The number of nitrogens with zero attached hydrogens (tertiary/aromatic N) is 1. The second-order valence-electron chi connectivity index (χ2n) is 2.54. The van der Waals surface area contributed by atoms with E-state index in [-0.39, 0.29) is 17.8 Å². The van der Waals surface area contributed by atoms with Crippen LogP contribution in [-0.2, 0) is 6.42 Å². The third-order valence-electron chi connectivity index (χ3n) is 1.46. The fourth-order valence-electron chi connectivity index (χ4n) is 0.869. The summed E-state index contributed by atoms with van der Waals surface area (Å²) in [4.78, 5) is 10.3. The van der Waals surface area contributed by atoms with Crippen molar-refractivity contribution >= 4 is 5.97 Å². The predicted octanol–water partition coefficient (Wildman–Crippen LogP) is 0.958. The van der Waals surface area contributed by atoms with E-state index in [9.17, 15) is 13.6 Å². The number of alkyl halides is 2. The van der Waals surface area contributed by atoms with Crippen LogP contribution in [0.2, 0.25) is 0 Å². The molecule has 0 saturated heterocycles. The molecule has 0 aliphatic carbocycles. The van der Waals surface area contributed by atoms with Crippen LogP contribution in [0.5, 0.6) is 0 Å². The first-order valence-electron chi connectivity index (χ1n) is 3.61. The summed E-state index contributed by atoms with van der Waals surface area (Å²) in [5.41, 5.74) is 0.0867. The summed E-state index contributed by atoms with van der Waals surface area (Å²) in [6.45, 7) is -1.08. The molecule has 1 rings (SSSR count). The van der Waals surface area contributed by atoms with Crippen molar-refractivity contribution in [3.05, 3.63) is 17.5 Å². The quantitative estimate of drug-likeness (QED) is 0.743. The minimum absolute atomic E-state index is 0.184. The van der Waals surface area contributed by atoms with Crippen molar-refractivity contribution in [2.45, 2.75) is 12.6 Å². The summed E-state index contributed by atoms with van der Waals surface area (Å²) in [5.74, 6) is -1.20. The number of carbonyl (C=O) groups is 1. The maximum atomic E-state index is 12.5. The third kappa shape index (κ3) is 2.50. The number of carboxylic acids is 1. The van der Waals surface area contributed by atoms with Crippen LogP contribution >= 0.6 is 0 Å². The van der Waals surface area contributed by atoms with Crippen LogP contribution in [0.3, 0.4) is 0 Å². The Kier molecular flexibility index (Phi) is 2.94. The molecule has 1 atom stereocenters. The van der Waals surface area contributed by atoms with Gasteiger partial charge in [0.15, 0.2) is 5.69 Å². The monoisotopic (exact) mass is 190 g/mol. The highest BCUT2D eigenvalue weighted by Crippen LogP contribution is 2.05. The van der Waals surface area contributed by atoms with Gasteiger partial charge in [0.2, 0.25) is 0 Å². The molecule has 0 spiro atoms. The highest BCUT2D eigenvalue weighted by Gasteiger charge is 2.12. The van der Waals surface area contributed by atoms with Crippen molar-refractivity contribution in [1.29, 1.82) is 0 Å². The molecule has 1 unspecified atom stereocenters. The summed E-state index contributed by atoms with van der Waals surface area (Å²) in [5, 5.41) is 14.1. The van der Waals surface area contributed by atoms with Crippen molar-refractivity contribution in [3.8, 4) is 0 Å². The molecule has 0 amide bonds. The van der Waals surface area contributed by atoms with E-state index in [0.29, 0.717) is 0 Å². The Morgan fingerprint density at radius 3 is 2.92 bits per heavy atom. The van der Waals surface area contributed by atoms with Gasteiger partial charge >= 0.3 is 5.97 Å². The molecule has 0 saturated carbocycles. The molecule has 0 radical (unpaired) electrons. The second-order valence-corrected chi connectivity index (χ2v) is 2.54. The van der Waals surface area contributed by atoms with Crippen molar-refractivity contribution in [3.63, 3.8) is 0 Å². The molecule has 6 heteroatoms. The minimum atomic E-state index is -1.61. The Hall–Kier alpha value is -1.46. The summed E-state index contributed by atoms with van der Waals surface area (Å²) in [6.07, 6.45) is -1.79. The predicted molar refractivity (Wildman–Crippen MR) is 40.1 cm³/mol. The van der Waals surface area contributed by atoms with Crippen molar-refractivity contribution < 1.29 is 18.7 Å². The molecule has 72 valence electrons. The lowest BCUT2D eigenvalue weighted by Gasteiger charge is -1.98. The van der Waals surface area contributed by atoms with Crippen molar-refractivity contribution in [1.82, 2.24) is 10.2 Å². The molecular formula is C7H8F2N2O2. The molecule has 1 aromatic heterocycles. The zero-order chi connectivity index (χ0) is 9.84. The molecule has 0 aliphatic rings. The number of hydrogen-bond acceptors (Lipinski definition) is 2. The van der Waals surface area contributed by atoms with Gasteiger partial charge in [-0.25, -0.2) is 13.6 Å². The Labute approximate surface area is 72.6 Å². The van der Waals surface area contributed by atoms with Gasteiger partial charge in [0, 0.05) is 12.1 Å². The summed E-state index contributed by atoms with van der Waals surface area (Å²) < 4.78 is 24.2. The Balaban J connectivity index is 2.64. The smallest absolute Gasteiger partial charge is 0.356 e. The summed E-state index contributed by atoms with van der Waals surface area (Å²) in [6, 6.07) is 1.19. The maximum absolute atomic E-state index is 12.5. The number of hydrogen-bond donors (Lipinski definition) is 2. The second kappa shape index (κ2) is 3.97. The lowest BCUT2D eigenvalue weighted by molar-refractivity contribution is 0.0690. The van der Waals surface area contributed by atoms with Gasteiger partial charge < -0.3 is 5.11 Å². The number of carboxylic acid groups (broad SMARTS) is 1. The molecule has 2 N–H and O–H groups in total. The van der Waals surface area contributed by atoms with Crippen molar-refractivity contribution in [2.24, 2.45) is 0 Å². The average molecular weight is 190 g/mol. The van der Waals surface area contributed by atoms with Gasteiger partial charge in [0.05, 0.1) is 0 Å². The van der Waals surface area contributed by atoms with Gasteiger partial charge in [-0.1, -0.05) is 0 Å². The molecule has 1 aromatic rings. The van der Waals surface area contributed by atoms with Crippen LogP contribution in [0.1, 0.15) is 16.2 Å². The van der Waals surface area contributed by atoms with Crippen LogP contribution in [0.15, 0.2) is 6.07 Å². The van der Waals surface area contributed by atoms with E-state index in [2.05, 4.69) is 10.2 Å². The number of aromatic carboxylic acids is 1. The van der Waals surface area contributed by atoms with Crippen molar-refractivity contribution in [2.75, 3.05) is 6.67 Å². The number of rotatable bonds is 4. The third-order valence-corrected chi connectivity index (χ3v) is 1.46. The van der Waals surface area contributed by atoms with Crippen LogP contribution in [0, 0.1) is 0 Å². The van der Waals surface area contributed by atoms with Crippen LogP contribution in [0.4, 0.5) is 8.78 Å². The molecule has 1 heterocycles. The lowest BCUT2D eigenvalue weighted by Crippen LogP contribution is -2.06. The van der Waals surface area contributed by atoms with Crippen LogP contribution in [-0.4, -0.2) is 34.1 Å². The molecule has 13 heavy (non-hydrogen) atoms. The van der Waals surface area contributed by atoms with Gasteiger partial charge in [-0.2, -0.15) is 5.10 Å².